The first-order chi connectivity index (χ1) is 12.4. The third-order valence-electron chi connectivity index (χ3n) is 4.41. The van der Waals surface area contributed by atoms with E-state index in [0.29, 0.717) is 30.2 Å². The topological polar surface area (TPSA) is 104 Å². The van der Waals surface area contributed by atoms with Gasteiger partial charge in [0, 0.05) is 30.1 Å². The van der Waals surface area contributed by atoms with Gasteiger partial charge in [-0.1, -0.05) is 28.9 Å². The molecule has 138 valence electrons. The zero-order valence-electron chi connectivity index (χ0n) is 14.2. The highest BCUT2D eigenvalue weighted by Crippen LogP contribution is 2.24. The molecule has 0 saturated carbocycles. The minimum Gasteiger partial charge on any atom is -0.377 e. The lowest BCUT2D eigenvalue weighted by molar-refractivity contribution is -0.132. The average Bonchev–Trinajstić information content (AvgIpc) is 3.29. The van der Waals surface area contributed by atoms with Gasteiger partial charge in [0.25, 0.3) is 0 Å². The van der Waals surface area contributed by atoms with Crippen LogP contribution in [0.3, 0.4) is 0 Å². The van der Waals surface area contributed by atoms with E-state index in [-0.39, 0.29) is 17.5 Å². The number of ketones is 1. The van der Waals surface area contributed by atoms with Gasteiger partial charge < -0.3 is 20.3 Å². The number of aliphatic hydroxyl groups is 1. The van der Waals surface area contributed by atoms with Crippen molar-refractivity contribution in [2.24, 2.45) is 5.92 Å². The fourth-order valence-corrected chi connectivity index (χ4v) is 3.07. The van der Waals surface area contributed by atoms with E-state index in [1.165, 1.54) is 6.07 Å². The van der Waals surface area contributed by atoms with Gasteiger partial charge >= 0.3 is 0 Å². The van der Waals surface area contributed by atoms with E-state index in [9.17, 15) is 14.7 Å². The van der Waals surface area contributed by atoms with Crippen LogP contribution in [-0.4, -0.2) is 34.5 Å². The summed E-state index contributed by atoms with van der Waals surface area (Å²) >= 11 is 5.83. The fraction of sp³-hybridized carbons (Fsp3) is 0.389. The van der Waals surface area contributed by atoms with E-state index in [1.807, 2.05) is 12.1 Å². The standard InChI is InChI=1S/C18H20ClN3O4/c1-10-6-15(26-22-10)17(24)16(23)12-7-14(20-9-12)18(25)21-8-11-2-4-13(19)5-3-11/h2-6,12,14,17,20,24H,7-9H2,1H3,(H,21,25)/t12-,14+,17?/m1/s1. The third kappa shape index (κ3) is 4.30. The molecule has 0 radical (unpaired) electrons. The van der Waals surface area contributed by atoms with E-state index in [2.05, 4.69) is 15.8 Å². The molecule has 2 heterocycles. The molecular weight excluding hydrogens is 358 g/mol. The number of nitrogens with zero attached hydrogens (tertiary/aromatic N) is 1. The van der Waals surface area contributed by atoms with Crippen molar-refractivity contribution in [1.29, 1.82) is 0 Å². The Kier molecular flexibility index (Phi) is 5.70. The van der Waals surface area contributed by atoms with Gasteiger partial charge in [0.1, 0.15) is 0 Å². The molecule has 8 heteroatoms. The highest BCUT2D eigenvalue weighted by Gasteiger charge is 2.37. The van der Waals surface area contributed by atoms with Gasteiger partial charge in [-0.05, 0) is 31.0 Å². The number of aryl methyl sites for hydroxylation is 1. The number of hydrogen-bond acceptors (Lipinski definition) is 6. The Morgan fingerprint density at radius 3 is 2.81 bits per heavy atom. The fourth-order valence-electron chi connectivity index (χ4n) is 2.94. The third-order valence-corrected chi connectivity index (χ3v) is 4.67. The molecule has 26 heavy (non-hydrogen) atoms. The summed E-state index contributed by atoms with van der Waals surface area (Å²) in [5.41, 5.74) is 1.53. The quantitative estimate of drug-likeness (QED) is 0.705. The molecule has 1 aliphatic rings. The summed E-state index contributed by atoms with van der Waals surface area (Å²) in [4.78, 5) is 24.7. The molecule has 1 fully saturated rings. The van der Waals surface area contributed by atoms with E-state index < -0.39 is 18.1 Å². The predicted octanol–water partition coefficient (Wildman–Crippen LogP) is 1.53. The van der Waals surface area contributed by atoms with E-state index in [1.54, 1.807) is 19.1 Å². The van der Waals surface area contributed by atoms with Crippen LogP contribution >= 0.6 is 11.6 Å². The summed E-state index contributed by atoms with van der Waals surface area (Å²) in [7, 11) is 0. The first kappa shape index (κ1) is 18.6. The molecule has 1 aliphatic heterocycles. The molecule has 1 saturated heterocycles. The lowest BCUT2D eigenvalue weighted by Crippen LogP contribution is -2.39. The maximum atomic E-state index is 12.4. The van der Waals surface area contributed by atoms with Gasteiger partial charge in [-0.15, -0.1) is 0 Å². The zero-order chi connectivity index (χ0) is 18.7. The number of amides is 1. The van der Waals surface area contributed by atoms with Crippen LogP contribution in [0.25, 0.3) is 0 Å². The number of nitrogens with one attached hydrogen (secondary N) is 2. The second-order valence-electron chi connectivity index (χ2n) is 6.41. The molecule has 0 aliphatic carbocycles. The van der Waals surface area contributed by atoms with Crippen LogP contribution < -0.4 is 10.6 Å². The summed E-state index contributed by atoms with van der Waals surface area (Å²) in [5, 5.41) is 20.3. The summed E-state index contributed by atoms with van der Waals surface area (Å²) in [6, 6.07) is 8.26. The van der Waals surface area contributed by atoms with E-state index in [4.69, 9.17) is 16.1 Å². The normalized spacial score (nSPS) is 20.7. The van der Waals surface area contributed by atoms with Crippen molar-refractivity contribution in [3.63, 3.8) is 0 Å². The van der Waals surface area contributed by atoms with Gasteiger partial charge in [0.15, 0.2) is 17.6 Å². The Hall–Kier alpha value is -2.22. The Morgan fingerprint density at radius 2 is 2.15 bits per heavy atom. The summed E-state index contributed by atoms with van der Waals surface area (Å²) in [6.45, 7) is 2.43. The molecule has 1 amide bonds. The van der Waals surface area contributed by atoms with Crippen LogP contribution in [0.4, 0.5) is 0 Å². The van der Waals surface area contributed by atoms with Gasteiger partial charge in [-0.25, -0.2) is 0 Å². The van der Waals surface area contributed by atoms with Crippen molar-refractivity contribution >= 4 is 23.3 Å². The Labute approximate surface area is 155 Å². The first-order valence-corrected chi connectivity index (χ1v) is 8.72. The van der Waals surface area contributed by atoms with Gasteiger partial charge in [0.05, 0.1) is 11.7 Å². The number of Topliss-reactive ketones (excluding diaryl/α,β-unsaturated/α-hetero) is 1. The number of carbonyl (C=O) groups is 2. The summed E-state index contributed by atoms with van der Waals surface area (Å²) < 4.78 is 4.95. The van der Waals surface area contributed by atoms with Crippen LogP contribution in [0.5, 0.6) is 0 Å². The molecular formula is C18H20ClN3O4. The van der Waals surface area contributed by atoms with Crippen LogP contribution in [0.1, 0.15) is 29.5 Å². The molecule has 3 atom stereocenters. The Bertz CT molecular complexity index is 790. The molecule has 1 aromatic heterocycles. The molecule has 3 N–H and O–H groups in total. The van der Waals surface area contributed by atoms with E-state index >= 15 is 0 Å². The van der Waals surface area contributed by atoms with Crippen LogP contribution in [0, 0.1) is 12.8 Å². The van der Waals surface area contributed by atoms with Gasteiger partial charge in [0.2, 0.25) is 5.91 Å². The van der Waals surface area contributed by atoms with E-state index in [0.717, 1.165) is 5.56 Å². The highest BCUT2D eigenvalue weighted by atomic mass is 35.5. The van der Waals surface area contributed by atoms with Crippen molar-refractivity contribution in [3.05, 3.63) is 52.4 Å². The summed E-state index contributed by atoms with van der Waals surface area (Å²) in [5.74, 6) is -0.883. The van der Waals surface area contributed by atoms with Crippen molar-refractivity contribution in [3.8, 4) is 0 Å². The number of aliphatic hydroxyl groups excluding tert-OH is 1. The number of aromatic nitrogens is 1. The van der Waals surface area contributed by atoms with Crippen LogP contribution in [-0.2, 0) is 16.1 Å². The van der Waals surface area contributed by atoms with Crippen LogP contribution in [0.2, 0.25) is 5.02 Å². The number of rotatable bonds is 6. The number of halogens is 1. The molecule has 0 bridgehead atoms. The molecule has 2 aromatic rings. The minimum atomic E-state index is -1.36. The maximum Gasteiger partial charge on any atom is 0.237 e. The monoisotopic (exact) mass is 377 g/mol. The molecule has 3 rings (SSSR count). The van der Waals surface area contributed by atoms with Crippen molar-refractivity contribution in [2.45, 2.75) is 32.0 Å². The molecule has 7 nitrogen and oxygen atoms in total. The molecule has 1 unspecified atom stereocenters. The van der Waals surface area contributed by atoms with Gasteiger partial charge in [-0.3, -0.25) is 9.59 Å². The minimum absolute atomic E-state index is 0.128. The predicted molar refractivity (Wildman–Crippen MR) is 94.4 cm³/mol. The first-order valence-electron chi connectivity index (χ1n) is 8.34. The van der Waals surface area contributed by atoms with Crippen LogP contribution in [0.15, 0.2) is 34.9 Å². The highest BCUT2D eigenvalue weighted by molar-refractivity contribution is 6.30. The summed E-state index contributed by atoms with van der Waals surface area (Å²) in [6.07, 6.45) is -1.03. The average molecular weight is 378 g/mol. The van der Waals surface area contributed by atoms with Gasteiger partial charge in [-0.2, -0.15) is 0 Å². The maximum absolute atomic E-state index is 12.4. The molecule has 0 spiro atoms. The van der Waals surface area contributed by atoms with Crippen molar-refractivity contribution in [2.75, 3.05) is 6.54 Å². The second-order valence-corrected chi connectivity index (χ2v) is 6.85. The zero-order valence-corrected chi connectivity index (χ0v) is 15.0. The second kappa shape index (κ2) is 7.99. The van der Waals surface area contributed by atoms with Crippen molar-refractivity contribution < 1.29 is 19.2 Å². The number of hydrogen-bond donors (Lipinski definition) is 3. The largest absolute Gasteiger partial charge is 0.377 e. The Morgan fingerprint density at radius 1 is 1.42 bits per heavy atom. The number of carbonyl (C=O) groups excluding carboxylic acids is 2. The lowest BCUT2D eigenvalue weighted by Gasteiger charge is -2.13. The lowest BCUT2D eigenvalue weighted by atomic mass is 9.95. The van der Waals surface area contributed by atoms with Crippen molar-refractivity contribution in [1.82, 2.24) is 15.8 Å². The Balaban J connectivity index is 1.51. The SMILES string of the molecule is Cc1cc(C(O)C(=O)[C@H]2CN[C@H](C(=O)NCc3ccc(Cl)cc3)C2)on1. The smallest absolute Gasteiger partial charge is 0.237 e. The number of benzene rings is 1. The molecule has 1 aromatic carbocycles.